The summed E-state index contributed by atoms with van der Waals surface area (Å²) in [6, 6.07) is 0. The molecule has 3 saturated heterocycles. The van der Waals surface area contributed by atoms with Crippen molar-refractivity contribution in [1.29, 1.82) is 0 Å². The molecule has 0 bridgehead atoms. The van der Waals surface area contributed by atoms with Crippen LogP contribution in [0.4, 0.5) is 23.4 Å². The third-order valence-corrected chi connectivity index (χ3v) is 13.1. The average molecular weight is 1240 g/mol. The zero-order valence-electron chi connectivity index (χ0n) is 46.8. The van der Waals surface area contributed by atoms with E-state index in [4.69, 9.17) is 42.4 Å². The lowest BCUT2D eigenvalue weighted by Crippen LogP contribution is -2.33. The summed E-state index contributed by atoms with van der Waals surface area (Å²) in [6.07, 6.45) is -3.18. The van der Waals surface area contributed by atoms with Crippen LogP contribution in [0, 0.1) is 5.92 Å². The van der Waals surface area contributed by atoms with Gasteiger partial charge in [0.1, 0.15) is 84.1 Å². The number of fused-ring (bicyclic) bond motifs is 3. The fraction of sp³-hybridized carbons (Fsp3) is 0.447. The number of aldehydes is 2. The van der Waals surface area contributed by atoms with Crippen LogP contribution in [0.25, 0.3) is 45.4 Å². The Morgan fingerprint density at radius 3 is 1.32 bits per heavy atom. The SMILES string of the molecule is CC(=O)c1cnn(-c2nc(N)c3ncn(C4O[C@H](CO)[C@@H](O)[C@H]4O)c3n2)c1.CCOC(=O)C(C=O)C=O.CN.CNC(=O)c1cnn(-c2nc(N)c3ncn(C4O[C@H](CO)[C@@H](O)[C@H]4O)c3n2)c1.NNc1nc(N)c2ncn(C3O[C@H](CO)[C@@H](O)[C@H]3O)c2n1. The second kappa shape index (κ2) is 28.9. The Hall–Kier alpha value is -9.34. The molecular weight excluding hydrogens is 1170 g/mol. The number of hydrogen-bond acceptors (Lipinski definition) is 35. The maximum Gasteiger partial charge on any atom is 0.323 e. The van der Waals surface area contributed by atoms with Crippen molar-refractivity contribution >= 4 is 87.1 Å². The number of hydrogen-bond donors (Lipinski definition) is 16. The molecule has 3 aliphatic heterocycles. The quantitative estimate of drug-likeness (QED) is 0.0113. The number of aliphatic hydroxyl groups is 9. The Bertz CT molecular complexity index is 3720. The number of nitrogens with zero attached hydrogens (tertiary/aromatic N) is 16. The number of Topliss-reactive ketones (excluding diaryl/α,β-unsaturated/α-hetero) is 1. The number of ketones is 1. The van der Waals surface area contributed by atoms with Gasteiger partial charge in [0, 0.05) is 19.4 Å². The number of imidazole rings is 3. The van der Waals surface area contributed by atoms with Gasteiger partial charge >= 0.3 is 5.97 Å². The Morgan fingerprint density at radius 1 is 0.614 bits per heavy atom. The Balaban J connectivity index is 0.000000174. The van der Waals surface area contributed by atoms with E-state index in [9.17, 15) is 64.8 Å². The first-order chi connectivity index (χ1) is 42.2. The molecule has 0 spiro atoms. The van der Waals surface area contributed by atoms with Gasteiger partial charge in [-0.15, -0.1) is 0 Å². The molecule has 11 rings (SSSR count). The van der Waals surface area contributed by atoms with Crippen molar-refractivity contribution < 1.29 is 88.9 Å². The van der Waals surface area contributed by atoms with Gasteiger partial charge in [0.25, 0.3) is 17.8 Å². The Kier molecular flexibility index (Phi) is 21.7. The summed E-state index contributed by atoms with van der Waals surface area (Å²) in [5, 5.41) is 98.5. The first-order valence-corrected chi connectivity index (χ1v) is 26.0. The zero-order valence-corrected chi connectivity index (χ0v) is 46.8. The summed E-state index contributed by atoms with van der Waals surface area (Å²) in [7, 11) is 3.00. The number of ether oxygens (including phenoxy) is 4. The summed E-state index contributed by atoms with van der Waals surface area (Å²) in [5.74, 6) is 3.23. The summed E-state index contributed by atoms with van der Waals surface area (Å²) in [5.41, 5.74) is 26.7. The lowest BCUT2D eigenvalue weighted by Gasteiger charge is -2.16. The van der Waals surface area contributed by atoms with Crippen LogP contribution in [-0.4, -0.2) is 250 Å². The molecule has 8 aromatic rings. The topological polar surface area (TPSA) is 625 Å². The minimum absolute atomic E-state index is 0.0579. The van der Waals surface area contributed by atoms with Gasteiger partial charge < -0.3 is 103 Å². The smallest absolute Gasteiger partial charge is 0.323 e. The molecule has 0 aromatic carbocycles. The number of nitrogen functional groups attached to an aromatic ring is 4. The summed E-state index contributed by atoms with van der Waals surface area (Å²) in [4.78, 5) is 90.9. The van der Waals surface area contributed by atoms with E-state index in [1.807, 2.05) is 0 Å². The first-order valence-electron chi connectivity index (χ1n) is 26.0. The van der Waals surface area contributed by atoms with Crippen LogP contribution < -0.4 is 39.5 Å². The number of nitrogens with two attached hydrogens (primary N) is 5. The fourth-order valence-corrected chi connectivity index (χ4v) is 8.64. The van der Waals surface area contributed by atoms with Gasteiger partial charge in [-0.2, -0.15) is 40.1 Å². The van der Waals surface area contributed by atoms with E-state index in [1.165, 1.54) is 87.9 Å². The molecular formula is C47H63N23O18. The predicted molar refractivity (Wildman–Crippen MR) is 296 cm³/mol. The minimum atomic E-state index is -1.31. The van der Waals surface area contributed by atoms with Crippen molar-refractivity contribution in [2.75, 3.05) is 63.1 Å². The third-order valence-electron chi connectivity index (χ3n) is 13.1. The highest BCUT2D eigenvalue weighted by atomic mass is 16.6. The van der Waals surface area contributed by atoms with E-state index in [-0.39, 0.29) is 94.1 Å². The lowest BCUT2D eigenvalue weighted by molar-refractivity contribution is -0.150. The molecule has 8 aromatic heterocycles. The minimum Gasteiger partial charge on any atom is -0.465 e. The van der Waals surface area contributed by atoms with Crippen molar-refractivity contribution in [3.63, 3.8) is 0 Å². The van der Waals surface area contributed by atoms with E-state index in [1.54, 1.807) is 6.92 Å². The summed E-state index contributed by atoms with van der Waals surface area (Å²) in [6.45, 7) is 1.86. The molecule has 41 heteroatoms. The fourth-order valence-electron chi connectivity index (χ4n) is 8.64. The van der Waals surface area contributed by atoms with Gasteiger partial charge in [-0.05, 0) is 20.9 Å². The molecule has 3 aliphatic rings. The number of rotatable bonds is 15. The summed E-state index contributed by atoms with van der Waals surface area (Å²) >= 11 is 0. The number of aliphatic hydroxyl groups excluding tert-OH is 9. The largest absolute Gasteiger partial charge is 0.465 e. The number of aromatic nitrogens is 16. The molecule has 0 aliphatic carbocycles. The number of anilines is 4. The predicted octanol–water partition coefficient (Wildman–Crippen LogP) is -7.58. The lowest BCUT2D eigenvalue weighted by atomic mass is 10.1. The van der Waals surface area contributed by atoms with Crippen LogP contribution in [0.3, 0.4) is 0 Å². The van der Waals surface area contributed by atoms with E-state index < -0.39 is 105 Å². The van der Waals surface area contributed by atoms with Crippen molar-refractivity contribution in [2.24, 2.45) is 17.5 Å². The molecule has 0 saturated carbocycles. The van der Waals surface area contributed by atoms with Crippen LogP contribution in [0.15, 0.2) is 43.8 Å². The first kappa shape index (κ1) is 66.2. The van der Waals surface area contributed by atoms with Gasteiger partial charge in [0.2, 0.25) is 5.95 Å². The van der Waals surface area contributed by atoms with E-state index in [2.05, 4.69) is 76.3 Å². The van der Waals surface area contributed by atoms with Gasteiger partial charge in [0.05, 0.1) is 68.9 Å². The highest BCUT2D eigenvalue weighted by Gasteiger charge is 2.46. The van der Waals surface area contributed by atoms with E-state index >= 15 is 0 Å². The highest BCUT2D eigenvalue weighted by molar-refractivity contribution is 6.02. The van der Waals surface area contributed by atoms with Crippen LogP contribution in [-0.2, 0) is 33.3 Å². The van der Waals surface area contributed by atoms with Gasteiger partial charge in [-0.25, -0.2) is 30.2 Å². The second-order valence-electron chi connectivity index (χ2n) is 18.6. The number of carbonyl (C=O) groups is 5. The van der Waals surface area contributed by atoms with Crippen LogP contribution in [0.2, 0.25) is 0 Å². The molecule has 41 nitrogen and oxygen atoms in total. The maximum atomic E-state index is 11.7. The Labute approximate surface area is 493 Å². The third kappa shape index (κ3) is 13.4. The normalized spacial score (nSPS) is 23.7. The van der Waals surface area contributed by atoms with Crippen LogP contribution in [0.1, 0.15) is 53.2 Å². The van der Waals surface area contributed by atoms with E-state index in [0.717, 1.165) is 0 Å². The van der Waals surface area contributed by atoms with Crippen LogP contribution >= 0.6 is 0 Å². The highest BCUT2D eigenvalue weighted by Crippen LogP contribution is 2.35. The van der Waals surface area contributed by atoms with Gasteiger partial charge in [-0.3, -0.25) is 33.5 Å². The van der Waals surface area contributed by atoms with Crippen molar-refractivity contribution in [2.45, 2.75) is 87.5 Å². The average Bonchev–Trinajstić information content (AvgIpc) is 1.82. The Morgan fingerprint density at radius 2 is 0.989 bits per heavy atom. The van der Waals surface area contributed by atoms with E-state index in [0.29, 0.717) is 16.6 Å². The van der Waals surface area contributed by atoms with Crippen molar-refractivity contribution in [3.05, 3.63) is 54.9 Å². The van der Waals surface area contributed by atoms with Gasteiger partial charge in [-0.1, -0.05) is 0 Å². The molecule has 88 heavy (non-hydrogen) atoms. The molecule has 21 N–H and O–H groups in total. The molecule has 0 radical (unpaired) electrons. The molecule has 11 heterocycles. The van der Waals surface area contributed by atoms with Crippen LogP contribution in [0.5, 0.6) is 0 Å². The molecule has 1 amide bonds. The standard InChI is InChI=1S/C15H18N8O5.C15H17N7O5.C10H15N7O4.C6H8O4.CH5N/c1-17-13(27)6-2-19-23(3-6)15-20-11(16)8-12(21-15)22(5-18-8)14-10(26)9(25)7(4-24)28-14;1-6(24)7-2-18-22(3-7)15-19-12(16)9-13(20-15)21(5-17-9)14-11(26)10(25)8(4-23)27-14;11-7-4-8(15-10(14-7)16-12)17(2-13-4)9-6(20)5(19)3(1-18)21-9;1-2-10-6(9)5(3-7)4-8;1-2/h2-3,5,7,9-10,14,24-26H,4H2,1H3,(H,17,27)(H2,16,20,21);2-3,5,8,10-11,14,23,25-26H,4H2,1H3,(H2,16,19,20);2-3,5-6,9,18-20H,1,12H2,(H3,11,14,15,16);3-5H,2H2,1H3;2H2,1H3/t7-,9-,10-,14?;8-,10-,11-,14?;3-,5-,6-,9?;;/m111../s1. The maximum absolute atomic E-state index is 11.7. The van der Waals surface area contributed by atoms with Crippen molar-refractivity contribution in [1.82, 2.24) is 83.4 Å². The number of hydrazine groups is 1. The van der Waals surface area contributed by atoms with Gasteiger partial charge in [0.15, 0.2) is 64.8 Å². The molecule has 474 valence electrons. The molecule has 3 unspecified atom stereocenters. The monoisotopic (exact) mass is 1240 g/mol. The zero-order chi connectivity index (χ0) is 64.4. The number of nitrogens with one attached hydrogen (secondary N) is 2. The number of amides is 1. The number of carbonyl (C=O) groups excluding carboxylic acids is 5. The van der Waals surface area contributed by atoms with Crippen molar-refractivity contribution in [3.8, 4) is 11.9 Å². The number of esters is 1. The molecule has 3 fully saturated rings. The second-order valence-corrected chi connectivity index (χ2v) is 18.6. The molecule has 12 atom stereocenters. The summed E-state index contributed by atoms with van der Waals surface area (Å²) < 4.78 is 27.6.